The lowest BCUT2D eigenvalue weighted by molar-refractivity contribution is 0.189. The normalized spacial score (nSPS) is 12.1. The molecule has 0 atom stereocenters. The zero-order chi connectivity index (χ0) is 13.8. The van der Waals surface area contributed by atoms with Crippen LogP contribution in [0.5, 0.6) is 0 Å². The minimum atomic E-state index is -3.93. The molecule has 0 saturated heterocycles. The summed E-state index contributed by atoms with van der Waals surface area (Å²) >= 11 is 0. The van der Waals surface area contributed by atoms with E-state index in [0.29, 0.717) is 19.1 Å². The smallest absolute Gasteiger partial charge is 0.245 e. The summed E-state index contributed by atoms with van der Waals surface area (Å²) in [6.07, 6.45) is 0.495. The molecular formula is C11H15F2NO3S. The molecule has 0 aromatic heterocycles. The first-order valence-corrected chi connectivity index (χ1v) is 6.74. The third kappa shape index (κ3) is 3.47. The van der Waals surface area contributed by atoms with Gasteiger partial charge >= 0.3 is 0 Å². The van der Waals surface area contributed by atoms with E-state index >= 15 is 0 Å². The van der Waals surface area contributed by atoms with E-state index in [0.717, 1.165) is 16.4 Å². The van der Waals surface area contributed by atoms with Gasteiger partial charge in [0.15, 0.2) is 0 Å². The van der Waals surface area contributed by atoms with Crippen molar-refractivity contribution in [3.05, 3.63) is 29.8 Å². The second-order valence-corrected chi connectivity index (χ2v) is 5.76. The lowest BCUT2D eigenvalue weighted by Crippen LogP contribution is -2.29. The molecule has 0 aliphatic carbocycles. The van der Waals surface area contributed by atoms with Crippen LogP contribution in [0.15, 0.2) is 23.1 Å². The molecule has 4 nitrogen and oxygen atoms in total. The molecule has 7 heteroatoms. The largest absolute Gasteiger partial charge is 0.385 e. The van der Waals surface area contributed by atoms with E-state index < -0.39 is 26.6 Å². The van der Waals surface area contributed by atoms with Crippen molar-refractivity contribution >= 4 is 10.0 Å². The third-order valence-electron chi connectivity index (χ3n) is 2.40. The van der Waals surface area contributed by atoms with Crippen molar-refractivity contribution in [1.29, 1.82) is 0 Å². The highest BCUT2D eigenvalue weighted by Crippen LogP contribution is 2.19. The fourth-order valence-electron chi connectivity index (χ4n) is 1.40. The van der Waals surface area contributed by atoms with Crippen molar-refractivity contribution in [1.82, 2.24) is 4.31 Å². The number of benzene rings is 1. The van der Waals surface area contributed by atoms with E-state index in [1.165, 1.54) is 14.2 Å². The van der Waals surface area contributed by atoms with Crippen LogP contribution in [0, 0.1) is 11.6 Å². The van der Waals surface area contributed by atoms with Gasteiger partial charge in [-0.15, -0.1) is 0 Å². The van der Waals surface area contributed by atoms with Crippen LogP contribution < -0.4 is 0 Å². The van der Waals surface area contributed by atoms with Gasteiger partial charge in [-0.3, -0.25) is 0 Å². The van der Waals surface area contributed by atoms with E-state index in [1.807, 2.05) is 0 Å². The lowest BCUT2D eigenvalue weighted by Gasteiger charge is -2.17. The van der Waals surface area contributed by atoms with Gasteiger partial charge in [0.05, 0.1) is 0 Å². The number of halogens is 2. The molecule has 102 valence electrons. The molecule has 0 N–H and O–H groups in total. The average Bonchev–Trinajstić information content (AvgIpc) is 2.28. The van der Waals surface area contributed by atoms with E-state index in [-0.39, 0.29) is 6.54 Å². The van der Waals surface area contributed by atoms with Crippen LogP contribution in [0.25, 0.3) is 0 Å². The van der Waals surface area contributed by atoms with Crippen molar-refractivity contribution < 1.29 is 21.9 Å². The summed E-state index contributed by atoms with van der Waals surface area (Å²) in [7, 11) is -1.08. The van der Waals surface area contributed by atoms with Crippen molar-refractivity contribution in [3.63, 3.8) is 0 Å². The zero-order valence-corrected chi connectivity index (χ0v) is 11.0. The molecule has 0 spiro atoms. The number of hydrogen-bond acceptors (Lipinski definition) is 3. The quantitative estimate of drug-likeness (QED) is 0.743. The molecule has 1 aromatic carbocycles. The first-order chi connectivity index (χ1) is 8.39. The summed E-state index contributed by atoms with van der Waals surface area (Å²) in [5.41, 5.74) is 0. The van der Waals surface area contributed by atoms with Crippen LogP contribution in [0.1, 0.15) is 6.42 Å². The van der Waals surface area contributed by atoms with Crippen molar-refractivity contribution in [2.24, 2.45) is 0 Å². The van der Waals surface area contributed by atoms with Crippen LogP contribution in [-0.4, -0.2) is 40.0 Å². The number of methoxy groups -OCH3 is 1. The molecule has 1 rings (SSSR count). The predicted molar refractivity (Wildman–Crippen MR) is 62.7 cm³/mol. The predicted octanol–water partition coefficient (Wildman–Crippen LogP) is 1.62. The Labute approximate surface area is 105 Å². The maximum Gasteiger partial charge on any atom is 0.245 e. The van der Waals surface area contributed by atoms with Crippen molar-refractivity contribution in [2.75, 3.05) is 27.3 Å². The van der Waals surface area contributed by atoms with Gasteiger partial charge in [-0.2, -0.15) is 0 Å². The fourth-order valence-corrected chi connectivity index (χ4v) is 2.65. The fraction of sp³-hybridized carbons (Fsp3) is 0.455. The average molecular weight is 279 g/mol. The van der Waals surface area contributed by atoms with Crippen LogP contribution in [0.2, 0.25) is 0 Å². The molecule has 18 heavy (non-hydrogen) atoms. The Bertz CT molecular complexity index is 505. The summed E-state index contributed by atoms with van der Waals surface area (Å²) in [6, 6.07) is 2.39. The number of hydrogen-bond donors (Lipinski definition) is 0. The van der Waals surface area contributed by atoms with Gasteiger partial charge in [0.1, 0.15) is 16.5 Å². The van der Waals surface area contributed by atoms with E-state index in [4.69, 9.17) is 4.74 Å². The van der Waals surface area contributed by atoms with Crippen LogP contribution >= 0.6 is 0 Å². The summed E-state index contributed by atoms with van der Waals surface area (Å²) < 4.78 is 55.9. The Hall–Kier alpha value is -1.05. The minimum Gasteiger partial charge on any atom is -0.385 e. The maximum absolute atomic E-state index is 13.4. The number of rotatable bonds is 6. The molecule has 0 bridgehead atoms. The monoisotopic (exact) mass is 279 g/mol. The molecule has 0 aliphatic rings. The van der Waals surface area contributed by atoms with Gasteiger partial charge in [-0.25, -0.2) is 21.5 Å². The second kappa shape index (κ2) is 6.21. The molecule has 0 radical (unpaired) electrons. The minimum absolute atomic E-state index is 0.201. The Morgan fingerprint density at radius 2 is 2.00 bits per heavy atom. The lowest BCUT2D eigenvalue weighted by atomic mass is 10.3. The first-order valence-electron chi connectivity index (χ1n) is 5.30. The standard InChI is InChI=1S/C11H15F2NO3S/c1-14(6-3-7-17-2)18(15,16)11-5-4-9(12)8-10(11)13/h4-5,8H,3,6-7H2,1-2H3. The van der Waals surface area contributed by atoms with Gasteiger partial charge in [0.2, 0.25) is 10.0 Å². The molecular weight excluding hydrogens is 264 g/mol. The molecule has 0 heterocycles. The third-order valence-corrected chi connectivity index (χ3v) is 4.29. The Morgan fingerprint density at radius 1 is 1.33 bits per heavy atom. The SMILES string of the molecule is COCCCN(C)S(=O)(=O)c1ccc(F)cc1F. The number of nitrogens with zero attached hydrogens (tertiary/aromatic N) is 1. The van der Waals surface area contributed by atoms with Gasteiger partial charge in [-0.05, 0) is 18.6 Å². The topological polar surface area (TPSA) is 46.6 Å². The zero-order valence-electron chi connectivity index (χ0n) is 10.2. The highest BCUT2D eigenvalue weighted by Gasteiger charge is 2.24. The Balaban J connectivity index is 2.91. The van der Waals surface area contributed by atoms with Crippen molar-refractivity contribution in [2.45, 2.75) is 11.3 Å². The number of sulfonamides is 1. The Morgan fingerprint density at radius 3 is 2.56 bits per heavy atom. The highest BCUT2D eigenvalue weighted by molar-refractivity contribution is 7.89. The van der Waals surface area contributed by atoms with Crippen LogP contribution in [0.3, 0.4) is 0 Å². The van der Waals surface area contributed by atoms with Gasteiger partial charge in [-0.1, -0.05) is 0 Å². The molecule has 0 unspecified atom stereocenters. The van der Waals surface area contributed by atoms with E-state index in [2.05, 4.69) is 0 Å². The van der Waals surface area contributed by atoms with Gasteiger partial charge in [0, 0.05) is 33.4 Å². The second-order valence-electron chi connectivity index (χ2n) is 3.75. The highest BCUT2D eigenvalue weighted by atomic mass is 32.2. The summed E-state index contributed by atoms with van der Waals surface area (Å²) in [5, 5.41) is 0. The summed E-state index contributed by atoms with van der Waals surface area (Å²) in [5.74, 6) is -1.90. The van der Waals surface area contributed by atoms with Crippen LogP contribution in [-0.2, 0) is 14.8 Å². The Kier molecular flexibility index (Phi) is 5.18. The molecule has 0 saturated carbocycles. The molecule has 0 aliphatic heterocycles. The van der Waals surface area contributed by atoms with Crippen LogP contribution in [0.4, 0.5) is 8.78 Å². The van der Waals surface area contributed by atoms with Gasteiger partial charge < -0.3 is 4.74 Å². The number of ether oxygens (including phenoxy) is 1. The molecule has 0 amide bonds. The van der Waals surface area contributed by atoms with E-state index in [1.54, 1.807) is 0 Å². The summed E-state index contributed by atoms with van der Waals surface area (Å²) in [4.78, 5) is -0.524. The van der Waals surface area contributed by atoms with Crippen molar-refractivity contribution in [3.8, 4) is 0 Å². The maximum atomic E-state index is 13.4. The van der Waals surface area contributed by atoms with E-state index in [9.17, 15) is 17.2 Å². The first kappa shape index (κ1) is 15.0. The molecule has 0 fully saturated rings. The summed E-state index contributed by atoms with van der Waals surface area (Å²) in [6.45, 7) is 0.610. The molecule has 1 aromatic rings. The van der Waals surface area contributed by atoms with Gasteiger partial charge in [0.25, 0.3) is 0 Å².